The maximum atomic E-state index is 5.33. The molecule has 1 heterocycles. The quantitative estimate of drug-likeness (QED) is 0.174. The van der Waals surface area contributed by atoms with Gasteiger partial charge < -0.3 is 0 Å². The average Bonchev–Trinajstić information content (AvgIpc) is 3.42. The molecule has 2 nitrogen and oxygen atoms in total. The smallest absolute Gasteiger partial charge is 0.0979 e. The van der Waals surface area contributed by atoms with Crippen LogP contribution in [0.2, 0.25) is 0 Å². The summed E-state index contributed by atoms with van der Waals surface area (Å²) in [6, 6.07) is 55.5. The van der Waals surface area contributed by atoms with E-state index in [2.05, 4.69) is 166 Å². The van der Waals surface area contributed by atoms with E-state index in [0.717, 1.165) is 33.1 Å². The molecule has 51 heavy (non-hydrogen) atoms. The van der Waals surface area contributed by atoms with Crippen molar-refractivity contribution in [3.63, 3.8) is 0 Å². The van der Waals surface area contributed by atoms with Crippen molar-refractivity contribution in [2.24, 2.45) is 0 Å². The number of rotatable bonds is 2. The van der Waals surface area contributed by atoms with Crippen LogP contribution in [-0.4, -0.2) is 9.97 Å². The van der Waals surface area contributed by atoms with Gasteiger partial charge in [0.05, 0.1) is 22.9 Å². The lowest BCUT2D eigenvalue weighted by atomic mass is 9.81. The van der Waals surface area contributed by atoms with E-state index in [-0.39, 0.29) is 5.41 Å². The second kappa shape index (κ2) is 10.3. The highest BCUT2D eigenvalue weighted by atomic mass is 14.8. The molecule has 1 aliphatic rings. The number of fused-ring (bicyclic) bond motifs is 14. The van der Waals surface area contributed by atoms with Gasteiger partial charge in [0, 0.05) is 21.8 Å². The average molecular weight is 649 g/mol. The fourth-order valence-corrected chi connectivity index (χ4v) is 9.04. The van der Waals surface area contributed by atoms with Crippen LogP contribution in [0.3, 0.4) is 0 Å². The predicted molar refractivity (Wildman–Crippen MR) is 216 cm³/mol. The molecular weight excluding hydrogens is 617 g/mol. The van der Waals surface area contributed by atoms with Gasteiger partial charge in [-0.3, -0.25) is 4.98 Å². The molecule has 0 atom stereocenters. The Hall–Kier alpha value is -6.38. The summed E-state index contributed by atoms with van der Waals surface area (Å²) in [4.78, 5) is 10.4. The minimum atomic E-state index is -0.0356. The third-order valence-electron chi connectivity index (χ3n) is 11.5. The van der Waals surface area contributed by atoms with Crippen molar-refractivity contribution in [3.05, 3.63) is 169 Å². The molecule has 1 aliphatic carbocycles. The fraction of sp³-hybridized carbons (Fsp3) is 0.0612. The zero-order valence-corrected chi connectivity index (χ0v) is 28.4. The molecule has 1 aromatic heterocycles. The lowest BCUT2D eigenvalue weighted by Crippen LogP contribution is -2.14. The second-order valence-electron chi connectivity index (χ2n) is 14.5. The second-order valence-corrected chi connectivity index (χ2v) is 14.5. The number of nitrogens with zero attached hydrogens (tertiary/aromatic N) is 2. The van der Waals surface area contributed by atoms with Crippen LogP contribution in [0.5, 0.6) is 0 Å². The van der Waals surface area contributed by atoms with Crippen LogP contribution >= 0.6 is 0 Å². The van der Waals surface area contributed by atoms with E-state index in [1.807, 2.05) is 6.20 Å². The maximum absolute atomic E-state index is 5.33. The summed E-state index contributed by atoms with van der Waals surface area (Å²) in [5, 5.41) is 12.1. The van der Waals surface area contributed by atoms with Gasteiger partial charge in [-0.25, -0.2) is 4.98 Å². The zero-order chi connectivity index (χ0) is 33.8. The molecule has 238 valence electrons. The molecule has 0 amide bonds. The largest absolute Gasteiger partial charge is 0.252 e. The van der Waals surface area contributed by atoms with Crippen LogP contribution < -0.4 is 0 Å². The van der Waals surface area contributed by atoms with Gasteiger partial charge in [0.25, 0.3) is 0 Å². The number of aromatic nitrogens is 2. The van der Waals surface area contributed by atoms with E-state index >= 15 is 0 Å². The minimum Gasteiger partial charge on any atom is -0.252 e. The number of benzene rings is 9. The molecule has 0 saturated carbocycles. The van der Waals surface area contributed by atoms with Gasteiger partial charge in [0.1, 0.15) is 0 Å². The fourth-order valence-electron chi connectivity index (χ4n) is 9.04. The van der Waals surface area contributed by atoms with Crippen molar-refractivity contribution in [2.75, 3.05) is 0 Å². The van der Waals surface area contributed by atoms with E-state index in [9.17, 15) is 0 Å². The van der Waals surface area contributed by atoms with Crippen molar-refractivity contribution in [2.45, 2.75) is 19.3 Å². The Morgan fingerprint density at radius 2 is 0.863 bits per heavy atom. The van der Waals surface area contributed by atoms with Crippen LogP contribution in [0.25, 0.3) is 98.4 Å². The van der Waals surface area contributed by atoms with Gasteiger partial charge in [-0.05, 0) is 82.5 Å². The van der Waals surface area contributed by atoms with Crippen molar-refractivity contribution in [1.29, 1.82) is 0 Å². The molecule has 0 N–H and O–H groups in total. The minimum absolute atomic E-state index is 0.0356. The molecule has 0 bridgehead atoms. The summed E-state index contributed by atoms with van der Waals surface area (Å²) in [5.74, 6) is 0. The van der Waals surface area contributed by atoms with Gasteiger partial charge in [-0.2, -0.15) is 0 Å². The Morgan fingerprint density at radius 3 is 1.59 bits per heavy atom. The first kappa shape index (κ1) is 28.5. The summed E-state index contributed by atoms with van der Waals surface area (Å²) in [5.41, 5.74) is 11.9. The van der Waals surface area contributed by atoms with E-state index in [1.165, 1.54) is 76.5 Å². The standard InChI is InChI=1S/C49H32N2/c1-49(2)44-20-8-7-13-39(44)40-22-21-29(27-45(40)49)30-16-9-17-31-35(30)23-24-37-32-18-10-19-41(38(32)26-25-36(31)37)46-28-50-47-42-14-5-3-11-33(42)34-12-4-6-15-43(34)48(47)51-46/h3-28H,1-2H3. The normalized spacial score (nSPS) is 13.5. The molecule has 2 heteroatoms. The monoisotopic (exact) mass is 648 g/mol. The lowest BCUT2D eigenvalue weighted by molar-refractivity contribution is 0.660. The lowest BCUT2D eigenvalue weighted by Gasteiger charge is -2.22. The highest BCUT2D eigenvalue weighted by Crippen LogP contribution is 2.50. The molecule has 11 rings (SSSR count). The Bertz CT molecular complexity index is 3080. The molecule has 0 radical (unpaired) electrons. The first-order chi connectivity index (χ1) is 25.1. The first-order valence-corrected chi connectivity index (χ1v) is 17.7. The molecule has 10 aromatic rings. The summed E-state index contributed by atoms with van der Waals surface area (Å²) < 4.78 is 0. The predicted octanol–water partition coefficient (Wildman–Crippen LogP) is 13.0. The summed E-state index contributed by atoms with van der Waals surface area (Å²) >= 11 is 0. The highest BCUT2D eigenvalue weighted by Gasteiger charge is 2.35. The van der Waals surface area contributed by atoms with Crippen molar-refractivity contribution < 1.29 is 0 Å². The highest BCUT2D eigenvalue weighted by molar-refractivity contribution is 6.24. The van der Waals surface area contributed by atoms with Crippen LogP contribution in [0, 0.1) is 0 Å². The Balaban J connectivity index is 1.08. The Kier molecular flexibility index (Phi) is 5.76. The SMILES string of the molecule is CC1(C)c2ccccc2-c2ccc(-c3cccc4c3ccc3c5cccc(-c6cnc7c8ccccc8c8ccccc8c7n6)c5ccc43)cc21. The zero-order valence-electron chi connectivity index (χ0n) is 28.4. The Morgan fingerprint density at radius 1 is 0.373 bits per heavy atom. The first-order valence-electron chi connectivity index (χ1n) is 17.7. The van der Waals surface area contributed by atoms with Gasteiger partial charge in [0.2, 0.25) is 0 Å². The molecule has 9 aromatic carbocycles. The van der Waals surface area contributed by atoms with E-state index < -0.39 is 0 Å². The summed E-state index contributed by atoms with van der Waals surface area (Å²) in [6.45, 7) is 4.70. The number of hydrogen-bond acceptors (Lipinski definition) is 2. The molecule has 0 saturated heterocycles. The molecule has 0 spiro atoms. The van der Waals surface area contributed by atoms with Crippen molar-refractivity contribution in [3.8, 4) is 33.5 Å². The van der Waals surface area contributed by atoms with Gasteiger partial charge in [0.15, 0.2) is 0 Å². The third kappa shape index (κ3) is 3.93. The van der Waals surface area contributed by atoms with Crippen LogP contribution in [0.1, 0.15) is 25.0 Å². The third-order valence-corrected chi connectivity index (χ3v) is 11.5. The maximum Gasteiger partial charge on any atom is 0.0979 e. The topological polar surface area (TPSA) is 25.8 Å². The van der Waals surface area contributed by atoms with Gasteiger partial charge >= 0.3 is 0 Å². The van der Waals surface area contributed by atoms with E-state index in [1.54, 1.807) is 0 Å². The van der Waals surface area contributed by atoms with Crippen molar-refractivity contribution >= 4 is 64.9 Å². The summed E-state index contributed by atoms with van der Waals surface area (Å²) in [6.07, 6.45) is 1.95. The number of hydrogen-bond donors (Lipinski definition) is 0. The van der Waals surface area contributed by atoms with Gasteiger partial charge in [-0.15, -0.1) is 0 Å². The molecular formula is C49H32N2. The Labute approximate surface area is 295 Å². The van der Waals surface area contributed by atoms with E-state index in [4.69, 9.17) is 9.97 Å². The summed E-state index contributed by atoms with van der Waals surface area (Å²) in [7, 11) is 0. The molecule has 0 aliphatic heterocycles. The van der Waals surface area contributed by atoms with Crippen molar-refractivity contribution in [1.82, 2.24) is 9.97 Å². The molecule has 0 unspecified atom stereocenters. The molecule has 0 fully saturated rings. The van der Waals surface area contributed by atoms with E-state index in [0.29, 0.717) is 0 Å². The van der Waals surface area contributed by atoms with Gasteiger partial charge in [-0.1, -0.05) is 159 Å². The van der Waals surface area contributed by atoms with Crippen LogP contribution in [0.15, 0.2) is 158 Å². The van der Waals surface area contributed by atoms with Crippen LogP contribution in [-0.2, 0) is 5.41 Å². The van der Waals surface area contributed by atoms with Crippen LogP contribution in [0.4, 0.5) is 0 Å².